The van der Waals surface area contributed by atoms with Crippen molar-refractivity contribution in [3.8, 4) is 74.9 Å². The van der Waals surface area contributed by atoms with E-state index in [0.717, 1.165) is 63.8 Å². The van der Waals surface area contributed by atoms with Crippen LogP contribution in [-0.4, -0.2) is 208 Å². The number of likely N-dealkylation sites (tertiary alicyclic amines) is 2. The molecule has 588 valence electrons. The van der Waals surface area contributed by atoms with E-state index in [1.54, 1.807) is 128 Å². The largest absolute Gasteiger partial charge is 0.508 e. The van der Waals surface area contributed by atoms with Gasteiger partial charge >= 0.3 is 22.5 Å². The number of aliphatic hydroxyl groups is 1. The first kappa shape index (κ1) is 90.0. The van der Waals surface area contributed by atoms with Crippen LogP contribution in [0.2, 0.25) is 5.28 Å². The van der Waals surface area contributed by atoms with Crippen LogP contribution in [0.5, 0.6) is 52.1 Å². The molecule has 3 aromatic carbocycles. The maximum Gasteiger partial charge on any atom is 0.491 e. The molecule has 0 aliphatic carbocycles. The highest BCUT2D eigenvalue weighted by atomic mass is 79.9. The Kier molecular flexibility index (Phi) is 38.8. The number of nitrogens with one attached hydrogen (secondary N) is 4. The number of carbonyl (C=O) groups excluding carboxylic acids is 2. The van der Waals surface area contributed by atoms with Crippen LogP contribution >= 0.6 is 82.1 Å². The molecular weight excluding hydrogens is 1680 g/mol. The van der Waals surface area contributed by atoms with E-state index in [-0.39, 0.29) is 43.8 Å². The molecule has 3 atom stereocenters. The Labute approximate surface area is 679 Å². The number of methoxy groups -OCH3 is 2. The molecule has 31 nitrogen and oxygen atoms in total. The number of nitrogens with zero attached hydrogens (tertiary/aromatic N) is 14. The van der Waals surface area contributed by atoms with Crippen molar-refractivity contribution in [2.24, 2.45) is 0 Å². The van der Waals surface area contributed by atoms with E-state index in [4.69, 9.17) is 83.1 Å². The number of benzene rings is 3. The smallest absolute Gasteiger partial charge is 0.491 e. The summed E-state index contributed by atoms with van der Waals surface area (Å²) in [7, 11) is 2.75. The van der Waals surface area contributed by atoms with Gasteiger partial charge in [-0.25, -0.2) is 54.4 Å². The van der Waals surface area contributed by atoms with Crippen molar-refractivity contribution in [3.05, 3.63) is 153 Å². The molecule has 2 amide bonds. The molecule has 0 radical (unpaired) electrons. The Hall–Kier alpha value is -8.84. The van der Waals surface area contributed by atoms with E-state index in [2.05, 4.69) is 128 Å². The van der Waals surface area contributed by atoms with Crippen LogP contribution in [0.3, 0.4) is 0 Å². The number of aliphatic hydroxyl groups excluding tert-OH is 1. The van der Waals surface area contributed by atoms with E-state index >= 15 is 0 Å². The lowest BCUT2D eigenvalue weighted by Gasteiger charge is -2.29. The molecule has 0 saturated carbocycles. The molecule has 110 heavy (non-hydrogen) atoms. The Bertz CT molecular complexity index is 4160. The fourth-order valence-corrected chi connectivity index (χ4v) is 10.3. The zero-order valence-electron chi connectivity index (χ0n) is 61.9. The zero-order chi connectivity index (χ0) is 80.0. The molecule has 8 N–H and O–H groups in total. The van der Waals surface area contributed by atoms with Gasteiger partial charge in [0, 0.05) is 88.5 Å². The van der Waals surface area contributed by atoms with Crippen molar-refractivity contribution in [2.45, 2.75) is 109 Å². The second-order valence-corrected chi connectivity index (χ2v) is 32.9. The minimum Gasteiger partial charge on any atom is -0.508 e. The lowest BCUT2D eigenvalue weighted by molar-refractivity contribution is 0.0224. The highest BCUT2D eigenvalue weighted by molar-refractivity contribution is 9.69. The number of aromatic nitrogens is 12. The Morgan fingerprint density at radius 2 is 0.891 bits per heavy atom. The summed E-state index contributed by atoms with van der Waals surface area (Å²) in [5.41, 5.74) is 2.52. The summed E-state index contributed by atoms with van der Waals surface area (Å²) in [6.07, 6.45) is 23.8. The van der Waals surface area contributed by atoms with Crippen LogP contribution < -0.4 is 50.4 Å². The Morgan fingerprint density at radius 1 is 0.536 bits per heavy atom. The fraction of sp³-hybridized carbons (Fsp3) is 0.380. The van der Waals surface area contributed by atoms with Gasteiger partial charge in [-0.3, -0.25) is 0 Å². The van der Waals surface area contributed by atoms with E-state index in [1.165, 1.54) is 37.8 Å². The van der Waals surface area contributed by atoms with Crippen LogP contribution in [0, 0.1) is 0 Å². The van der Waals surface area contributed by atoms with Crippen LogP contribution in [0.1, 0.15) is 80.1 Å². The topological polar surface area (TPSA) is 389 Å². The number of hydrogen-bond acceptors (Lipinski definition) is 29. The van der Waals surface area contributed by atoms with E-state index in [0.29, 0.717) is 112 Å². The standard InChI is InChI=1S/C25H30N6O4.C21H27ClN4O4.C19H20N6O2.C4H5BN2O2.CH2Cl2.CH4O.BBr3/c1-25(2,3)35-24(32)31-11-5-6-18(31)14-28-21-15-29-22(17-12-26-16-27-13-17)30-23(21)34-20-9-7-19(33-4)8-10-20;1-21(2,3)30-20(27)26-11-5-6-14(26)12-23-17-13-24-19(22)25-18(17)29-16-9-7-15(28-4)8-10-16;26-15-3-5-16(6-4-15)27-19-17(23-10-14-2-1-7-22-14)11-24-18(25-19)13-8-20-12-21-9-13;8-5(9)4-1-6-3-7-2-4;2-1-3;1-2;2-1(3)4/h7-10,12-13,15-16,18,28H,5-6,11,14H2,1-4H3;7-10,13-14,23H,5-6,11-12H2,1-4H3;3-6,8-9,11-12,14,22-23,26H,1-2,7,10H2;1-3,8-9H;1H2;2H,1H3;/t18-;2*14-;;;;/m000..../s1. The molecule has 6 aromatic heterocycles. The van der Waals surface area contributed by atoms with Gasteiger partial charge in [-0.2, -0.15) is 15.0 Å². The number of phenols is 1. The molecule has 39 heteroatoms. The summed E-state index contributed by atoms with van der Waals surface area (Å²) in [5.74, 6) is 5.38. The van der Waals surface area contributed by atoms with Gasteiger partial charge in [0.25, 0.3) is 0 Å². The van der Waals surface area contributed by atoms with Gasteiger partial charge in [0.05, 0.1) is 61.4 Å². The lowest BCUT2D eigenvalue weighted by atomic mass is 9.83. The lowest BCUT2D eigenvalue weighted by Crippen LogP contribution is -2.42. The summed E-state index contributed by atoms with van der Waals surface area (Å²) < 4.78 is 39.7. The van der Waals surface area contributed by atoms with Crippen LogP contribution in [0.25, 0.3) is 22.8 Å². The molecule has 3 aliphatic heterocycles. The van der Waals surface area contributed by atoms with Gasteiger partial charge in [0.2, 0.25) is 22.9 Å². The number of aromatic hydroxyl groups is 1. The molecule has 0 bridgehead atoms. The number of anilines is 3. The molecule has 12 rings (SSSR count). The predicted octanol–water partition coefficient (Wildman–Crippen LogP) is 13.2. The summed E-state index contributed by atoms with van der Waals surface area (Å²) >= 11 is 24.8. The quantitative estimate of drug-likeness (QED) is 0.0200. The summed E-state index contributed by atoms with van der Waals surface area (Å²) in [6, 6.07) is 21.3. The number of alkyl halides is 2. The molecule has 0 unspecified atom stereocenters. The van der Waals surface area contributed by atoms with Crippen molar-refractivity contribution in [1.82, 2.24) is 74.9 Å². The summed E-state index contributed by atoms with van der Waals surface area (Å²) in [5, 5.41) is 47.2. The first-order chi connectivity index (χ1) is 52.8. The average Bonchev–Trinajstić information content (AvgIpc) is 0.901. The summed E-state index contributed by atoms with van der Waals surface area (Å²) in [6.45, 7) is 15.4. The molecule has 3 fully saturated rings. The maximum absolute atomic E-state index is 12.6. The highest BCUT2D eigenvalue weighted by Crippen LogP contribution is 2.35. The normalized spacial score (nSPS) is 14.6. The predicted molar refractivity (Wildman–Crippen MR) is 435 cm³/mol. The van der Waals surface area contributed by atoms with Gasteiger partial charge in [0.1, 0.15) is 81.7 Å². The van der Waals surface area contributed by atoms with E-state index in [9.17, 15) is 14.7 Å². The first-order valence-electron chi connectivity index (χ1n) is 34.2. The third-order valence-corrected chi connectivity index (χ3v) is 15.3. The van der Waals surface area contributed by atoms with Crippen LogP contribution in [0.4, 0.5) is 26.7 Å². The SMILES string of the molecule is BrB(Br)Br.CO.COc1ccc(Oc2nc(-c3cncnc3)ncc2NC[C@@H]2CCCN2C(=O)OC(C)(C)C)cc1.COc1ccc(Oc2nc(Cl)ncc2NC[C@@H]2CCCN2C(=O)OC(C)(C)C)cc1.ClCCl.OB(O)c1cncnc1.Oc1ccc(Oc2nc(-c3cncnc3)ncc2NC[C@@H]2CCCN2)cc1. The third-order valence-electron chi connectivity index (χ3n) is 15.1. The number of hydrogen-bond donors (Lipinski definition) is 8. The average molecular weight is 1770 g/mol. The second kappa shape index (κ2) is 47.4. The molecule has 3 saturated heterocycles. The minimum atomic E-state index is -1.47. The fourth-order valence-electron chi connectivity index (χ4n) is 10.2. The number of rotatable bonds is 20. The number of ether oxygens (including phenoxy) is 7. The molecular formula is C71H88B2Br3Cl3N18O13. The van der Waals surface area contributed by atoms with Crippen LogP contribution in [0.15, 0.2) is 148 Å². The number of carbonyl (C=O) groups is 2. The van der Waals surface area contributed by atoms with Crippen molar-refractivity contribution in [3.63, 3.8) is 0 Å². The summed E-state index contributed by atoms with van der Waals surface area (Å²) in [4.78, 5) is 78.2. The van der Waals surface area contributed by atoms with Gasteiger partial charge in [-0.1, -0.05) is 0 Å². The second-order valence-electron chi connectivity index (χ2n) is 25.4. The number of amides is 2. The zero-order valence-corrected chi connectivity index (χ0v) is 69.0. The number of phenolic OH excluding ortho intramolecular Hbond substituents is 1. The van der Waals surface area contributed by atoms with Crippen LogP contribution in [-0.2, 0) is 9.47 Å². The van der Waals surface area contributed by atoms with Gasteiger partial charge < -0.3 is 84.5 Å². The molecule has 9 heterocycles. The maximum atomic E-state index is 12.6. The minimum absolute atomic E-state index is 0.00404. The van der Waals surface area contributed by atoms with E-state index < -0.39 is 18.3 Å². The monoisotopic (exact) mass is 1760 g/mol. The first-order valence-corrected chi connectivity index (χ1v) is 38.4. The van der Waals surface area contributed by atoms with E-state index in [1.807, 2.05) is 53.7 Å². The molecule has 9 aromatic rings. The highest BCUT2D eigenvalue weighted by Gasteiger charge is 2.34. The van der Waals surface area contributed by atoms with Gasteiger partial charge in [-0.15, -0.1) is 70.5 Å². The van der Waals surface area contributed by atoms with Crippen molar-refractivity contribution < 1.29 is 63.0 Å². The molecule has 0 spiro atoms. The van der Waals surface area contributed by atoms with Crippen molar-refractivity contribution in [1.29, 1.82) is 0 Å². The molecule has 3 aliphatic rings. The van der Waals surface area contributed by atoms with Crippen molar-refractivity contribution >= 4 is 127 Å². The van der Waals surface area contributed by atoms with Gasteiger partial charge in [-0.05, 0) is 171 Å². The number of halogens is 6. The Balaban J connectivity index is 0.000000232. The Morgan fingerprint density at radius 3 is 1.25 bits per heavy atom. The van der Waals surface area contributed by atoms with Gasteiger partial charge in [0.15, 0.2) is 11.6 Å². The van der Waals surface area contributed by atoms with Crippen molar-refractivity contribution in [2.75, 3.05) is 81.9 Å². The third kappa shape index (κ3) is 32.2.